The van der Waals surface area contributed by atoms with E-state index in [0.717, 1.165) is 5.56 Å². The molecular formula is C12H15N3O3. The maximum atomic E-state index is 9.17. The molecule has 1 aromatic carbocycles. The lowest BCUT2D eigenvalue weighted by Crippen LogP contribution is -2.13. The van der Waals surface area contributed by atoms with Crippen molar-refractivity contribution in [3.05, 3.63) is 41.5 Å². The van der Waals surface area contributed by atoms with Crippen molar-refractivity contribution < 1.29 is 14.7 Å². The fourth-order valence-electron chi connectivity index (χ4n) is 1.59. The molecule has 1 aromatic heterocycles. The molecule has 0 spiro atoms. The van der Waals surface area contributed by atoms with Crippen LogP contribution in [0.4, 0.5) is 0 Å². The highest BCUT2D eigenvalue weighted by Gasteiger charge is 2.15. The molecule has 2 rings (SSSR count). The smallest absolute Gasteiger partial charge is 0.243 e. The van der Waals surface area contributed by atoms with Gasteiger partial charge in [-0.05, 0) is 24.1 Å². The maximum Gasteiger partial charge on any atom is 0.243 e. The summed E-state index contributed by atoms with van der Waals surface area (Å²) in [6.45, 7) is -0.0217. The van der Waals surface area contributed by atoms with Crippen LogP contribution in [-0.4, -0.2) is 27.0 Å². The minimum Gasteiger partial charge on any atom is -0.508 e. The minimum absolute atomic E-state index is 0.0217. The van der Waals surface area contributed by atoms with E-state index in [4.69, 9.17) is 15.4 Å². The molecule has 1 heterocycles. The molecule has 96 valence electrons. The zero-order valence-corrected chi connectivity index (χ0v) is 9.78. The van der Waals surface area contributed by atoms with Crippen LogP contribution in [-0.2, 0) is 12.8 Å². The Balaban J connectivity index is 2.02. The van der Waals surface area contributed by atoms with Crippen LogP contribution in [0.15, 0.2) is 28.8 Å². The van der Waals surface area contributed by atoms with Crippen LogP contribution in [0.2, 0.25) is 0 Å². The summed E-state index contributed by atoms with van der Waals surface area (Å²) in [5.74, 6) is 1.02. The third-order valence-electron chi connectivity index (χ3n) is 2.53. The number of aliphatic hydroxyl groups is 1. The van der Waals surface area contributed by atoms with Gasteiger partial charge in [-0.25, -0.2) is 0 Å². The minimum atomic E-state index is -0.394. The van der Waals surface area contributed by atoms with Crippen LogP contribution in [0.5, 0.6) is 5.75 Å². The first-order valence-electron chi connectivity index (χ1n) is 5.66. The Morgan fingerprint density at radius 1 is 1.28 bits per heavy atom. The van der Waals surface area contributed by atoms with Crippen molar-refractivity contribution in [2.24, 2.45) is 5.73 Å². The van der Waals surface area contributed by atoms with Gasteiger partial charge in [0.2, 0.25) is 5.89 Å². The van der Waals surface area contributed by atoms with Gasteiger partial charge in [0.25, 0.3) is 0 Å². The largest absolute Gasteiger partial charge is 0.508 e. The summed E-state index contributed by atoms with van der Waals surface area (Å²) in [7, 11) is 0. The average Bonchev–Trinajstić information content (AvgIpc) is 2.81. The highest BCUT2D eigenvalue weighted by Crippen LogP contribution is 2.16. The number of aliphatic hydroxyl groups excluding tert-OH is 1. The number of phenols is 1. The molecule has 0 saturated heterocycles. The van der Waals surface area contributed by atoms with Crippen LogP contribution in [0, 0.1) is 0 Å². The lowest BCUT2D eigenvalue weighted by atomic mass is 10.1. The second kappa shape index (κ2) is 5.61. The molecule has 0 aliphatic carbocycles. The van der Waals surface area contributed by atoms with Crippen LogP contribution >= 0.6 is 0 Å². The van der Waals surface area contributed by atoms with Crippen LogP contribution in [0.1, 0.15) is 23.3 Å². The van der Waals surface area contributed by atoms with Crippen molar-refractivity contribution >= 4 is 0 Å². The second-order valence-electron chi connectivity index (χ2n) is 4.00. The van der Waals surface area contributed by atoms with Crippen molar-refractivity contribution in [1.82, 2.24) is 10.1 Å². The van der Waals surface area contributed by atoms with Gasteiger partial charge in [0.1, 0.15) is 5.75 Å². The van der Waals surface area contributed by atoms with Gasteiger partial charge in [-0.15, -0.1) is 0 Å². The Morgan fingerprint density at radius 2 is 2.00 bits per heavy atom. The molecule has 0 aliphatic heterocycles. The third kappa shape index (κ3) is 3.06. The zero-order valence-electron chi connectivity index (χ0n) is 9.78. The Bertz CT molecular complexity index is 496. The number of phenolic OH excluding ortho intramolecular Hbond substituents is 1. The molecule has 1 unspecified atom stereocenters. The van der Waals surface area contributed by atoms with Gasteiger partial charge in [-0.2, -0.15) is 4.98 Å². The predicted molar refractivity (Wildman–Crippen MR) is 63.8 cm³/mol. The Kier molecular flexibility index (Phi) is 3.91. The molecule has 0 amide bonds. The molecule has 18 heavy (non-hydrogen) atoms. The average molecular weight is 249 g/mol. The molecule has 0 fully saturated rings. The first-order valence-corrected chi connectivity index (χ1v) is 5.66. The van der Waals surface area contributed by atoms with Gasteiger partial charge in [0.15, 0.2) is 5.82 Å². The van der Waals surface area contributed by atoms with Crippen molar-refractivity contribution in [2.45, 2.75) is 18.9 Å². The second-order valence-corrected chi connectivity index (χ2v) is 4.00. The van der Waals surface area contributed by atoms with Gasteiger partial charge in [0, 0.05) is 6.42 Å². The number of aromatic nitrogens is 2. The molecule has 6 heteroatoms. The van der Waals surface area contributed by atoms with E-state index in [1.807, 2.05) is 0 Å². The van der Waals surface area contributed by atoms with Gasteiger partial charge < -0.3 is 20.5 Å². The number of aromatic hydroxyl groups is 1. The highest BCUT2D eigenvalue weighted by atomic mass is 16.5. The van der Waals surface area contributed by atoms with E-state index in [-0.39, 0.29) is 12.4 Å². The molecule has 6 nitrogen and oxygen atoms in total. The fourth-order valence-corrected chi connectivity index (χ4v) is 1.59. The molecule has 0 bridgehead atoms. The van der Waals surface area contributed by atoms with Gasteiger partial charge in [-0.3, -0.25) is 0 Å². The molecular weight excluding hydrogens is 234 g/mol. The molecule has 0 aliphatic rings. The van der Waals surface area contributed by atoms with Crippen molar-refractivity contribution in [3.63, 3.8) is 0 Å². The van der Waals surface area contributed by atoms with Gasteiger partial charge >= 0.3 is 0 Å². The Morgan fingerprint density at radius 3 is 2.67 bits per heavy atom. The molecule has 4 N–H and O–H groups in total. The number of nitrogens with two attached hydrogens (primary N) is 1. The van der Waals surface area contributed by atoms with Crippen LogP contribution < -0.4 is 5.73 Å². The Hall–Kier alpha value is -1.92. The zero-order chi connectivity index (χ0) is 13.0. The van der Waals surface area contributed by atoms with Gasteiger partial charge in [-0.1, -0.05) is 17.3 Å². The molecule has 1 atom stereocenters. The van der Waals surface area contributed by atoms with Crippen LogP contribution in [0.25, 0.3) is 0 Å². The van der Waals surface area contributed by atoms with Crippen molar-refractivity contribution in [1.29, 1.82) is 0 Å². The quantitative estimate of drug-likeness (QED) is 0.714. The third-order valence-corrected chi connectivity index (χ3v) is 2.53. The van der Waals surface area contributed by atoms with E-state index in [1.165, 1.54) is 0 Å². The van der Waals surface area contributed by atoms with E-state index < -0.39 is 6.04 Å². The SMILES string of the molecule is NC(Cc1ccc(O)cc1)c1nc(CCO)no1. The standard InChI is InChI=1S/C12H15N3O3/c13-10(7-8-1-3-9(17)4-2-8)12-14-11(5-6-16)15-18-12/h1-4,10,16-17H,5-7,13H2. The number of nitrogens with zero attached hydrogens (tertiary/aromatic N) is 2. The number of rotatable bonds is 5. The lowest BCUT2D eigenvalue weighted by Gasteiger charge is -2.06. The summed E-state index contributed by atoms with van der Waals surface area (Å²) in [4.78, 5) is 4.10. The van der Waals surface area contributed by atoms with E-state index in [9.17, 15) is 5.11 Å². The fraction of sp³-hybridized carbons (Fsp3) is 0.333. The number of hydrogen-bond donors (Lipinski definition) is 3. The summed E-state index contributed by atoms with van der Waals surface area (Å²) in [5, 5.41) is 21.6. The molecule has 2 aromatic rings. The van der Waals surface area contributed by atoms with E-state index in [0.29, 0.717) is 24.6 Å². The normalized spacial score (nSPS) is 12.6. The summed E-state index contributed by atoms with van der Waals surface area (Å²) < 4.78 is 5.03. The Labute approximate surface area is 104 Å². The monoisotopic (exact) mass is 249 g/mol. The van der Waals surface area contributed by atoms with Crippen molar-refractivity contribution in [3.8, 4) is 5.75 Å². The summed E-state index contributed by atoms with van der Waals surface area (Å²) in [6, 6.07) is 6.40. The highest BCUT2D eigenvalue weighted by molar-refractivity contribution is 5.26. The summed E-state index contributed by atoms with van der Waals surface area (Å²) in [5.41, 5.74) is 6.93. The predicted octanol–water partition coefficient (Wildman–Crippen LogP) is 0.552. The molecule has 0 radical (unpaired) electrons. The van der Waals surface area contributed by atoms with Gasteiger partial charge in [0.05, 0.1) is 12.6 Å². The number of hydrogen-bond acceptors (Lipinski definition) is 6. The number of benzene rings is 1. The summed E-state index contributed by atoms with van der Waals surface area (Å²) >= 11 is 0. The first-order chi connectivity index (χ1) is 8.69. The van der Waals surface area contributed by atoms with E-state index >= 15 is 0 Å². The van der Waals surface area contributed by atoms with Crippen LogP contribution in [0.3, 0.4) is 0 Å². The lowest BCUT2D eigenvalue weighted by molar-refractivity contribution is 0.292. The maximum absolute atomic E-state index is 9.17. The topological polar surface area (TPSA) is 105 Å². The van der Waals surface area contributed by atoms with Crippen molar-refractivity contribution in [2.75, 3.05) is 6.61 Å². The first kappa shape index (κ1) is 12.5. The molecule has 0 saturated carbocycles. The summed E-state index contributed by atoms with van der Waals surface area (Å²) in [6.07, 6.45) is 0.899. The van der Waals surface area contributed by atoms with E-state index in [2.05, 4.69) is 10.1 Å². The van der Waals surface area contributed by atoms with E-state index in [1.54, 1.807) is 24.3 Å².